The lowest BCUT2D eigenvalue weighted by molar-refractivity contribution is -0.134. The van der Waals surface area contributed by atoms with Gasteiger partial charge in [0.25, 0.3) is 0 Å². The van der Waals surface area contributed by atoms with Crippen molar-refractivity contribution in [3.63, 3.8) is 0 Å². The standard InChI is InChI=1S/C33H40N6O4S/c1-6-38-21-29(36-37-38)22-43-31(33(4,5)32(40)35-28-11-9-15-34-18-28)26-14-13-24(3)27(17-26)20-39-19-23(2)16-25-10-7-8-12-30(25)44(39,41)42/h7-15,17-18,21,23,31H,6,16,19-20,22H2,1-5H3,(H,35,40)/t23-,31?/m0/s1. The molecule has 0 saturated carbocycles. The Balaban J connectivity index is 1.48. The second-order valence-corrected chi connectivity index (χ2v) is 14.0. The van der Waals surface area contributed by atoms with Gasteiger partial charge in [-0.3, -0.25) is 14.5 Å². The van der Waals surface area contributed by atoms with E-state index in [1.807, 2.05) is 64.2 Å². The van der Waals surface area contributed by atoms with E-state index in [0.717, 1.165) is 22.3 Å². The molecule has 232 valence electrons. The smallest absolute Gasteiger partial charge is 0.243 e. The van der Waals surface area contributed by atoms with Gasteiger partial charge in [0.05, 0.1) is 41.1 Å². The molecule has 2 aromatic carbocycles. The van der Waals surface area contributed by atoms with E-state index < -0.39 is 21.5 Å². The van der Waals surface area contributed by atoms with Crippen LogP contribution in [0.2, 0.25) is 0 Å². The summed E-state index contributed by atoms with van der Waals surface area (Å²) >= 11 is 0. The van der Waals surface area contributed by atoms with Crippen molar-refractivity contribution in [1.29, 1.82) is 0 Å². The second kappa shape index (κ2) is 13.0. The van der Waals surface area contributed by atoms with Crippen LogP contribution in [0.3, 0.4) is 0 Å². The highest BCUT2D eigenvalue weighted by Gasteiger charge is 2.40. The molecule has 0 radical (unpaired) electrons. The van der Waals surface area contributed by atoms with E-state index in [2.05, 4.69) is 27.5 Å². The summed E-state index contributed by atoms with van der Waals surface area (Å²) < 4.78 is 37.5. The molecule has 4 aromatic rings. The van der Waals surface area contributed by atoms with E-state index in [1.54, 1.807) is 45.6 Å². The Hall–Kier alpha value is -3.93. The number of benzene rings is 2. The zero-order valence-corrected chi connectivity index (χ0v) is 26.7. The molecule has 1 unspecified atom stereocenters. The van der Waals surface area contributed by atoms with Gasteiger partial charge < -0.3 is 10.1 Å². The van der Waals surface area contributed by atoms with Crippen LogP contribution in [0.25, 0.3) is 0 Å². The number of hydrogen-bond acceptors (Lipinski definition) is 7. The average Bonchev–Trinajstić information content (AvgIpc) is 3.43. The van der Waals surface area contributed by atoms with Gasteiger partial charge in [0.15, 0.2) is 0 Å². The zero-order valence-electron chi connectivity index (χ0n) is 25.9. The first-order chi connectivity index (χ1) is 21.0. The number of aryl methyl sites for hydroxylation is 2. The molecule has 1 N–H and O–H groups in total. The fourth-order valence-electron chi connectivity index (χ4n) is 5.61. The normalized spacial score (nSPS) is 17.4. The van der Waals surface area contributed by atoms with E-state index in [1.165, 1.54) is 0 Å². The largest absolute Gasteiger partial charge is 0.366 e. The summed E-state index contributed by atoms with van der Waals surface area (Å²) in [5.41, 5.74) is 3.62. The Bertz CT molecular complexity index is 1720. The molecule has 1 aliphatic rings. The molecular weight excluding hydrogens is 576 g/mol. The quantitative estimate of drug-likeness (QED) is 0.257. The number of anilines is 1. The van der Waals surface area contributed by atoms with Gasteiger partial charge >= 0.3 is 0 Å². The number of amides is 1. The second-order valence-electron chi connectivity index (χ2n) is 12.1. The Morgan fingerprint density at radius 3 is 2.68 bits per heavy atom. The van der Waals surface area contributed by atoms with Gasteiger partial charge in [-0.05, 0) is 80.5 Å². The van der Waals surface area contributed by atoms with E-state index >= 15 is 0 Å². The number of aromatic nitrogens is 4. The number of sulfonamides is 1. The summed E-state index contributed by atoms with van der Waals surface area (Å²) in [6.07, 6.45) is 5.07. The van der Waals surface area contributed by atoms with E-state index in [0.29, 0.717) is 35.8 Å². The van der Waals surface area contributed by atoms with Crippen LogP contribution < -0.4 is 5.32 Å². The van der Waals surface area contributed by atoms with Crippen molar-refractivity contribution in [1.82, 2.24) is 24.3 Å². The van der Waals surface area contributed by atoms with E-state index in [9.17, 15) is 13.2 Å². The van der Waals surface area contributed by atoms with E-state index in [4.69, 9.17) is 4.74 Å². The fraction of sp³-hybridized carbons (Fsp3) is 0.394. The van der Waals surface area contributed by atoms with Crippen LogP contribution >= 0.6 is 0 Å². The molecule has 2 aromatic heterocycles. The predicted octanol–water partition coefficient (Wildman–Crippen LogP) is 5.31. The Labute approximate surface area is 259 Å². The van der Waals surface area contributed by atoms with Gasteiger partial charge in [0.2, 0.25) is 15.9 Å². The number of hydrogen-bond donors (Lipinski definition) is 1. The monoisotopic (exact) mass is 616 g/mol. The third-order valence-corrected chi connectivity index (χ3v) is 10.1. The van der Waals surface area contributed by atoms with Crippen molar-refractivity contribution in [2.24, 2.45) is 11.3 Å². The lowest BCUT2D eigenvalue weighted by Gasteiger charge is -2.34. The molecule has 11 heteroatoms. The molecule has 0 saturated heterocycles. The first kappa shape index (κ1) is 31.5. The third-order valence-electron chi connectivity index (χ3n) is 8.16. The Morgan fingerprint density at radius 1 is 1.16 bits per heavy atom. The van der Waals surface area contributed by atoms with Crippen LogP contribution in [0.4, 0.5) is 5.69 Å². The van der Waals surface area contributed by atoms with Gasteiger partial charge in [-0.1, -0.05) is 48.5 Å². The SMILES string of the molecule is CCn1cc(COC(c2ccc(C)c(CN3C[C@@H](C)Cc4ccccc4S3(=O)=O)c2)C(C)(C)C(=O)Nc2cccnc2)nn1. The highest BCUT2D eigenvalue weighted by Crippen LogP contribution is 2.39. The lowest BCUT2D eigenvalue weighted by Crippen LogP contribution is -2.38. The van der Waals surface area contributed by atoms with Crippen molar-refractivity contribution in [3.8, 4) is 0 Å². The van der Waals surface area contributed by atoms with Crippen molar-refractivity contribution in [2.45, 2.75) is 71.7 Å². The maximum absolute atomic E-state index is 13.8. The first-order valence-electron chi connectivity index (χ1n) is 14.9. The van der Waals surface area contributed by atoms with E-state index in [-0.39, 0.29) is 25.0 Å². The molecule has 0 aliphatic carbocycles. The summed E-state index contributed by atoms with van der Waals surface area (Å²) in [6.45, 7) is 11.1. The zero-order chi connectivity index (χ0) is 31.5. The highest BCUT2D eigenvalue weighted by atomic mass is 32.2. The summed E-state index contributed by atoms with van der Waals surface area (Å²) in [5, 5.41) is 11.3. The molecular formula is C33H40N6O4S. The van der Waals surface area contributed by atoms with Crippen LogP contribution in [0.15, 0.2) is 78.1 Å². The maximum Gasteiger partial charge on any atom is 0.243 e. The van der Waals surface area contributed by atoms with Crippen molar-refractivity contribution in [2.75, 3.05) is 11.9 Å². The van der Waals surface area contributed by atoms with Crippen LogP contribution in [-0.2, 0) is 45.7 Å². The summed E-state index contributed by atoms with van der Waals surface area (Å²) in [4.78, 5) is 18.2. The Kier molecular flexibility index (Phi) is 9.28. The molecule has 1 aliphatic heterocycles. The summed E-state index contributed by atoms with van der Waals surface area (Å²) in [7, 11) is -3.71. The van der Waals surface area contributed by atoms with Gasteiger partial charge in [0.1, 0.15) is 5.69 Å². The fourth-order valence-corrected chi connectivity index (χ4v) is 7.38. The number of fused-ring (bicyclic) bond motifs is 1. The topological polar surface area (TPSA) is 119 Å². The number of rotatable bonds is 10. The molecule has 10 nitrogen and oxygen atoms in total. The molecule has 2 atom stereocenters. The highest BCUT2D eigenvalue weighted by molar-refractivity contribution is 7.89. The molecule has 0 bridgehead atoms. The van der Waals surface area contributed by atoms with Gasteiger partial charge in [0, 0.05) is 25.8 Å². The van der Waals surface area contributed by atoms with Gasteiger partial charge in [-0.15, -0.1) is 5.10 Å². The minimum absolute atomic E-state index is 0.145. The number of carbonyl (C=O) groups excluding carboxylic acids is 1. The number of ether oxygens (including phenoxy) is 1. The molecule has 3 heterocycles. The average molecular weight is 617 g/mol. The minimum Gasteiger partial charge on any atom is -0.366 e. The third kappa shape index (κ3) is 6.74. The van der Waals surface area contributed by atoms with Crippen LogP contribution in [-0.4, -0.2) is 45.2 Å². The van der Waals surface area contributed by atoms with Crippen LogP contribution in [0.5, 0.6) is 0 Å². The summed E-state index contributed by atoms with van der Waals surface area (Å²) in [5.74, 6) is -0.0880. The van der Waals surface area contributed by atoms with Crippen molar-refractivity contribution in [3.05, 3.63) is 101 Å². The van der Waals surface area contributed by atoms with Gasteiger partial charge in [-0.25, -0.2) is 8.42 Å². The lowest BCUT2D eigenvalue weighted by atomic mass is 9.80. The van der Waals surface area contributed by atoms with Crippen molar-refractivity contribution >= 4 is 21.6 Å². The number of carbonyl (C=O) groups is 1. The maximum atomic E-state index is 13.8. The van der Waals surface area contributed by atoms with Crippen LogP contribution in [0, 0.1) is 18.3 Å². The first-order valence-corrected chi connectivity index (χ1v) is 16.3. The predicted molar refractivity (Wildman–Crippen MR) is 168 cm³/mol. The van der Waals surface area contributed by atoms with Crippen LogP contribution in [0.1, 0.15) is 61.7 Å². The molecule has 44 heavy (non-hydrogen) atoms. The molecule has 0 spiro atoms. The summed E-state index contributed by atoms with van der Waals surface area (Å²) in [6, 6.07) is 16.7. The molecule has 5 rings (SSSR count). The number of nitrogens with one attached hydrogen (secondary N) is 1. The number of pyridine rings is 1. The molecule has 1 amide bonds. The van der Waals surface area contributed by atoms with Crippen molar-refractivity contribution < 1.29 is 17.9 Å². The van der Waals surface area contributed by atoms with Gasteiger partial charge in [-0.2, -0.15) is 4.31 Å². The minimum atomic E-state index is -3.71. The Morgan fingerprint density at radius 2 is 1.95 bits per heavy atom. The molecule has 0 fully saturated rings. The number of nitrogens with zero attached hydrogens (tertiary/aromatic N) is 5.